The van der Waals surface area contributed by atoms with Gasteiger partial charge in [-0.15, -0.1) is 0 Å². The molecule has 0 aliphatic rings. The topological polar surface area (TPSA) is 86.9 Å². The maximum atomic E-state index is 12.3. The number of benzene rings is 1. The molecule has 1 aromatic carbocycles. The van der Waals surface area contributed by atoms with E-state index in [2.05, 4.69) is 20.6 Å². The van der Waals surface area contributed by atoms with E-state index in [4.69, 9.17) is 11.6 Å². The molecular formula is C18H17ClN4O2. The third-order valence-electron chi connectivity index (χ3n) is 3.72. The molecule has 1 atom stereocenters. The minimum Gasteiger partial charge on any atom is -0.378 e. The highest BCUT2D eigenvalue weighted by atomic mass is 35.5. The first-order valence-corrected chi connectivity index (χ1v) is 8.13. The zero-order chi connectivity index (χ0) is 18.0. The Kier molecular flexibility index (Phi) is 4.72. The number of fused-ring (bicyclic) bond motifs is 1. The van der Waals surface area contributed by atoms with E-state index in [1.807, 2.05) is 25.1 Å². The molecule has 0 saturated heterocycles. The van der Waals surface area contributed by atoms with Gasteiger partial charge in [-0.2, -0.15) is 0 Å². The molecule has 25 heavy (non-hydrogen) atoms. The number of amides is 1. The summed E-state index contributed by atoms with van der Waals surface area (Å²) >= 11 is 5.97. The van der Waals surface area contributed by atoms with Gasteiger partial charge < -0.3 is 15.6 Å². The zero-order valence-electron chi connectivity index (χ0n) is 13.8. The molecule has 1 amide bonds. The lowest BCUT2D eigenvalue weighted by atomic mass is 10.1. The van der Waals surface area contributed by atoms with Gasteiger partial charge in [0.2, 0.25) is 5.91 Å². The molecule has 2 heterocycles. The van der Waals surface area contributed by atoms with Crippen LogP contribution in [0.25, 0.3) is 11.0 Å². The predicted octanol–water partition coefficient (Wildman–Crippen LogP) is 3.71. The summed E-state index contributed by atoms with van der Waals surface area (Å²) in [4.78, 5) is 30.4. The van der Waals surface area contributed by atoms with Gasteiger partial charge in [-0.25, -0.2) is 4.98 Å². The maximum absolute atomic E-state index is 12.3. The lowest BCUT2D eigenvalue weighted by molar-refractivity contribution is -0.114. The van der Waals surface area contributed by atoms with Crippen LogP contribution in [0.15, 0.2) is 47.4 Å². The van der Waals surface area contributed by atoms with Gasteiger partial charge in [0.25, 0.3) is 5.56 Å². The summed E-state index contributed by atoms with van der Waals surface area (Å²) in [7, 11) is 0. The number of halogens is 1. The van der Waals surface area contributed by atoms with Gasteiger partial charge in [0.15, 0.2) is 0 Å². The van der Waals surface area contributed by atoms with Crippen molar-refractivity contribution < 1.29 is 4.79 Å². The Hall–Kier alpha value is -2.86. The van der Waals surface area contributed by atoms with Crippen LogP contribution in [0.5, 0.6) is 0 Å². The van der Waals surface area contributed by atoms with Crippen LogP contribution >= 0.6 is 11.6 Å². The molecule has 2 aromatic heterocycles. The van der Waals surface area contributed by atoms with Gasteiger partial charge in [-0.05, 0) is 37.3 Å². The Morgan fingerprint density at radius 2 is 2.00 bits per heavy atom. The molecule has 6 nitrogen and oxygen atoms in total. The van der Waals surface area contributed by atoms with Crippen molar-refractivity contribution in [2.24, 2.45) is 0 Å². The fourth-order valence-corrected chi connectivity index (χ4v) is 2.79. The van der Waals surface area contributed by atoms with E-state index in [1.165, 1.54) is 13.1 Å². The number of hydrogen-bond donors (Lipinski definition) is 3. The van der Waals surface area contributed by atoms with Gasteiger partial charge in [0, 0.05) is 35.4 Å². The third kappa shape index (κ3) is 3.97. The molecule has 0 fully saturated rings. The average molecular weight is 357 g/mol. The number of H-pyrrole nitrogens is 1. The molecule has 0 aliphatic carbocycles. The number of aromatic amines is 1. The van der Waals surface area contributed by atoms with E-state index in [-0.39, 0.29) is 17.5 Å². The second kappa shape index (κ2) is 6.94. The first-order chi connectivity index (χ1) is 11.9. The third-order valence-corrected chi connectivity index (χ3v) is 3.93. The molecule has 3 N–H and O–H groups in total. The first-order valence-electron chi connectivity index (χ1n) is 7.75. The average Bonchev–Trinajstić information content (AvgIpc) is 2.54. The predicted molar refractivity (Wildman–Crippen MR) is 100 cm³/mol. The zero-order valence-corrected chi connectivity index (χ0v) is 14.5. The van der Waals surface area contributed by atoms with Gasteiger partial charge in [0.1, 0.15) is 5.65 Å². The van der Waals surface area contributed by atoms with Crippen LogP contribution in [-0.2, 0) is 4.79 Å². The summed E-state index contributed by atoms with van der Waals surface area (Å²) < 4.78 is 0. The smallest absolute Gasteiger partial charge is 0.254 e. The Morgan fingerprint density at radius 1 is 1.24 bits per heavy atom. The summed E-state index contributed by atoms with van der Waals surface area (Å²) in [6.45, 7) is 3.34. The van der Waals surface area contributed by atoms with E-state index < -0.39 is 0 Å². The molecule has 1 unspecified atom stereocenters. The number of pyridine rings is 2. The lowest BCUT2D eigenvalue weighted by Gasteiger charge is -2.16. The highest BCUT2D eigenvalue weighted by Crippen LogP contribution is 2.22. The second-order valence-electron chi connectivity index (χ2n) is 5.77. The van der Waals surface area contributed by atoms with Crippen LogP contribution in [0, 0.1) is 0 Å². The van der Waals surface area contributed by atoms with E-state index in [0.717, 1.165) is 11.1 Å². The Bertz CT molecular complexity index is 1000. The fraction of sp³-hybridized carbons (Fsp3) is 0.167. The minimum atomic E-state index is -0.250. The van der Waals surface area contributed by atoms with Gasteiger partial charge in [-0.3, -0.25) is 9.59 Å². The van der Waals surface area contributed by atoms with Crippen molar-refractivity contribution in [3.05, 3.63) is 63.5 Å². The number of carbonyl (C=O) groups excluding carboxylic acids is 1. The first kappa shape index (κ1) is 17.0. The number of anilines is 2. The van der Waals surface area contributed by atoms with Crippen molar-refractivity contribution in [2.45, 2.75) is 19.9 Å². The van der Waals surface area contributed by atoms with Crippen LogP contribution in [-0.4, -0.2) is 15.9 Å². The number of rotatable bonds is 4. The monoisotopic (exact) mass is 356 g/mol. The molecule has 128 valence electrons. The van der Waals surface area contributed by atoms with E-state index in [0.29, 0.717) is 21.9 Å². The van der Waals surface area contributed by atoms with E-state index in [9.17, 15) is 9.59 Å². The van der Waals surface area contributed by atoms with Crippen molar-refractivity contribution in [1.82, 2.24) is 9.97 Å². The van der Waals surface area contributed by atoms with Crippen LogP contribution < -0.4 is 16.2 Å². The molecular weight excluding hydrogens is 340 g/mol. The van der Waals surface area contributed by atoms with Gasteiger partial charge in [0.05, 0.1) is 11.1 Å². The van der Waals surface area contributed by atoms with Crippen LogP contribution in [0.4, 0.5) is 11.4 Å². The van der Waals surface area contributed by atoms with Crippen LogP contribution in [0.1, 0.15) is 25.5 Å². The van der Waals surface area contributed by atoms with Crippen LogP contribution in [0.3, 0.4) is 0 Å². The molecule has 0 spiro atoms. The SMILES string of the molecule is CC(=O)Nc1cccc(NC(C)c2cc3cc(Cl)cnc3[nH]c2=O)c1. The van der Waals surface area contributed by atoms with E-state index in [1.54, 1.807) is 18.2 Å². The summed E-state index contributed by atoms with van der Waals surface area (Å²) in [5, 5.41) is 7.27. The standard InChI is InChI=1S/C18H17ClN4O2/c1-10(21-14-4-3-5-15(8-14)22-11(2)24)16-7-12-6-13(19)9-20-17(12)23-18(16)25/h3-10,21H,1-2H3,(H,22,24)(H,20,23,25). The summed E-state index contributed by atoms with van der Waals surface area (Å²) in [5.74, 6) is -0.138. The lowest BCUT2D eigenvalue weighted by Crippen LogP contribution is -2.19. The van der Waals surface area contributed by atoms with Crippen molar-refractivity contribution >= 4 is 39.9 Å². The summed E-state index contributed by atoms with van der Waals surface area (Å²) in [6.07, 6.45) is 1.49. The molecule has 0 aliphatic heterocycles. The molecule has 0 radical (unpaired) electrons. The maximum Gasteiger partial charge on any atom is 0.254 e. The number of hydrogen-bond acceptors (Lipinski definition) is 4. The normalized spacial score (nSPS) is 12.0. The second-order valence-corrected chi connectivity index (χ2v) is 6.21. The van der Waals surface area contributed by atoms with Crippen molar-refractivity contribution in [1.29, 1.82) is 0 Å². The number of nitrogens with zero attached hydrogens (tertiary/aromatic N) is 1. The minimum absolute atomic E-state index is 0.138. The van der Waals surface area contributed by atoms with Crippen molar-refractivity contribution in [2.75, 3.05) is 10.6 Å². The van der Waals surface area contributed by atoms with Crippen LogP contribution in [0.2, 0.25) is 5.02 Å². The Balaban J connectivity index is 1.89. The number of nitrogens with one attached hydrogen (secondary N) is 3. The molecule has 3 rings (SSSR count). The fourth-order valence-electron chi connectivity index (χ4n) is 2.62. The molecule has 0 bridgehead atoms. The highest BCUT2D eigenvalue weighted by molar-refractivity contribution is 6.31. The largest absolute Gasteiger partial charge is 0.378 e. The molecule has 3 aromatic rings. The van der Waals surface area contributed by atoms with Gasteiger partial charge in [-0.1, -0.05) is 17.7 Å². The number of carbonyl (C=O) groups is 1. The highest BCUT2D eigenvalue weighted by Gasteiger charge is 2.12. The number of aromatic nitrogens is 2. The van der Waals surface area contributed by atoms with Gasteiger partial charge >= 0.3 is 0 Å². The van der Waals surface area contributed by atoms with E-state index >= 15 is 0 Å². The van der Waals surface area contributed by atoms with Crippen molar-refractivity contribution in [3.63, 3.8) is 0 Å². The Morgan fingerprint density at radius 3 is 2.76 bits per heavy atom. The van der Waals surface area contributed by atoms with Crippen molar-refractivity contribution in [3.8, 4) is 0 Å². The Labute approximate surface area is 149 Å². The summed E-state index contributed by atoms with van der Waals surface area (Å²) in [6, 6.07) is 10.6. The molecule has 0 saturated carbocycles. The molecule has 7 heteroatoms. The quantitative estimate of drug-likeness (QED) is 0.665. The summed E-state index contributed by atoms with van der Waals surface area (Å²) in [5.41, 5.74) is 2.34.